The average Bonchev–Trinajstić information content (AvgIpc) is 2.62. The van der Waals surface area contributed by atoms with Gasteiger partial charge in [-0.15, -0.1) is 11.3 Å². The number of aryl methyl sites for hydroxylation is 1. The molecular formula is C11H15NO3S2. The molecule has 0 N–H and O–H groups in total. The van der Waals surface area contributed by atoms with Gasteiger partial charge in [0, 0.05) is 18.8 Å². The van der Waals surface area contributed by atoms with E-state index in [-0.39, 0.29) is 16.9 Å². The number of amides is 1. The third kappa shape index (κ3) is 2.37. The second-order valence-corrected chi connectivity index (χ2v) is 7.75. The van der Waals surface area contributed by atoms with Gasteiger partial charge < -0.3 is 4.90 Å². The number of thiophene rings is 1. The van der Waals surface area contributed by atoms with Crippen LogP contribution in [-0.4, -0.2) is 43.3 Å². The van der Waals surface area contributed by atoms with E-state index in [0.717, 1.165) is 5.56 Å². The van der Waals surface area contributed by atoms with Gasteiger partial charge in [0.05, 0.1) is 10.1 Å². The highest BCUT2D eigenvalue weighted by atomic mass is 32.2. The van der Waals surface area contributed by atoms with E-state index in [1.165, 1.54) is 11.3 Å². The quantitative estimate of drug-likeness (QED) is 0.834. The largest absolute Gasteiger partial charge is 0.335 e. The van der Waals surface area contributed by atoms with Crippen molar-refractivity contribution in [3.05, 3.63) is 21.9 Å². The second kappa shape index (κ2) is 4.42. The summed E-state index contributed by atoms with van der Waals surface area (Å²) in [4.78, 5) is 14.2. The zero-order valence-electron chi connectivity index (χ0n) is 9.84. The van der Waals surface area contributed by atoms with Crippen LogP contribution in [0.25, 0.3) is 0 Å². The molecule has 0 atom stereocenters. The molecule has 1 aliphatic heterocycles. The van der Waals surface area contributed by atoms with Crippen molar-refractivity contribution in [3.63, 3.8) is 0 Å². The lowest BCUT2D eigenvalue weighted by Gasteiger charge is -2.38. The van der Waals surface area contributed by atoms with Crippen LogP contribution in [0.4, 0.5) is 0 Å². The molecule has 1 aromatic heterocycles. The summed E-state index contributed by atoms with van der Waals surface area (Å²) in [5.74, 6) is 0.100. The highest BCUT2D eigenvalue weighted by molar-refractivity contribution is 7.92. The molecule has 0 radical (unpaired) electrons. The average molecular weight is 273 g/mol. The fraction of sp³-hybridized carbons (Fsp3) is 0.545. The first kappa shape index (κ1) is 12.6. The van der Waals surface area contributed by atoms with Crippen molar-refractivity contribution in [1.82, 2.24) is 4.90 Å². The summed E-state index contributed by atoms with van der Waals surface area (Å²) in [6.07, 6.45) is 0. The number of nitrogens with zero attached hydrogens (tertiary/aromatic N) is 1. The Morgan fingerprint density at radius 3 is 2.65 bits per heavy atom. The summed E-state index contributed by atoms with van der Waals surface area (Å²) in [6.45, 7) is 4.26. The van der Waals surface area contributed by atoms with Crippen molar-refractivity contribution in [2.45, 2.75) is 19.1 Å². The third-order valence-electron chi connectivity index (χ3n) is 2.99. The van der Waals surface area contributed by atoms with Crippen molar-refractivity contribution < 1.29 is 13.2 Å². The van der Waals surface area contributed by atoms with E-state index in [1.807, 2.05) is 18.4 Å². The summed E-state index contributed by atoms with van der Waals surface area (Å²) in [6, 6.07) is 1.84. The van der Waals surface area contributed by atoms with Gasteiger partial charge in [0.2, 0.25) is 0 Å². The van der Waals surface area contributed by atoms with Gasteiger partial charge in [0.1, 0.15) is 0 Å². The smallest absolute Gasteiger partial charge is 0.264 e. The molecule has 0 unspecified atom stereocenters. The molecule has 1 aromatic rings. The number of likely N-dealkylation sites (tertiary alicyclic amines) is 1. The Balaban J connectivity index is 1.99. The van der Waals surface area contributed by atoms with Crippen LogP contribution in [0.3, 0.4) is 0 Å². The Bertz CT molecular complexity index is 527. The molecule has 94 valence electrons. The molecule has 0 aromatic carbocycles. The molecule has 1 amide bonds. The first-order chi connectivity index (χ1) is 7.94. The van der Waals surface area contributed by atoms with Crippen molar-refractivity contribution in [1.29, 1.82) is 0 Å². The maximum atomic E-state index is 11.9. The Kier molecular flexibility index (Phi) is 3.27. The van der Waals surface area contributed by atoms with E-state index in [0.29, 0.717) is 18.0 Å². The normalized spacial score (nSPS) is 16.9. The minimum atomic E-state index is -3.00. The Hall–Kier alpha value is -0.880. The highest BCUT2D eigenvalue weighted by Gasteiger charge is 2.39. The molecule has 1 saturated heterocycles. The zero-order valence-corrected chi connectivity index (χ0v) is 11.5. The summed E-state index contributed by atoms with van der Waals surface area (Å²) < 4.78 is 23.1. The van der Waals surface area contributed by atoms with E-state index >= 15 is 0 Å². The molecular weight excluding hydrogens is 258 g/mol. The Morgan fingerprint density at radius 2 is 2.18 bits per heavy atom. The van der Waals surface area contributed by atoms with E-state index in [1.54, 1.807) is 11.8 Å². The third-order valence-corrected chi connectivity index (χ3v) is 6.14. The Labute approximate surface area is 105 Å². The highest BCUT2D eigenvalue weighted by Crippen LogP contribution is 2.22. The van der Waals surface area contributed by atoms with Crippen LogP contribution < -0.4 is 0 Å². The number of rotatable bonds is 3. The lowest BCUT2D eigenvalue weighted by Crippen LogP contribution is -2.57. The van der Waals surface area contributed by atoms with E-state index in [9.17, 15) is 13.2 Å². The van der Waals surface area contributed by atoms with Crippen LogP contribution in [0.1, 0.15) is 22.2 Å². The molecule has 17 heavy (non-hydrogen) atoms. The molecule has 6 heteroatoms. The van der Waals surface area contributed by atoms with Crippen molar-refractivity contribution in [2.24, 2.45) is 0 Å². The van der Waals surface area contributed by atoms with Crippen LogP contribution in [0.5, 0.6) is 0 Å². The monoisotopic (exact) mass is 273 g/mol. The standard InChI is InChI=1S/C11H15NO3S2/c1-3-17(14,15)9-5-12(6-9)11(13)10-4-8(2)7-16-10/h4,7,9H,3,5-6H2,1-2H3. The van der Waals surface area contributed by atoms with Crippen molar-refractivity contribution >= 4 is 27.1 Å². The minimum absolute atomic E-state index is 0.0503. The number of carbonyl (C=O) groups is 1. The minimum Gasteiger partial charge on any atom is -0.335 e. The fourth-order valence-electron chi connectivity index (χ4n) is 1.77. The molecule has 2 heterocycles. The number of carbonyl (C=O) groups excluding carboxylic acids is 1. The van der Waals surface area contributed by atoms with Crippen LogP contribution in [0, 0.1) is 6.92 Å². The molecule has 1 aliphatic rings. The molecule has 2 rings (SSSR count). The lowest BCUT2D eigenvalue weighted by molar-refractivity contribution is 0.0664. The summed E-state index contributed by atoms with van der Waals surface area (Å²) >= 11 is 1.41. The van der Waals surface area contributed by atoms with Crippen molar-refractivity contribution in [2.75, 3.05) is 18.8 Å². The van der Waals surface area contributed by atoms with E-state index in [4.69, 9.17) is 0 Å². The van der Waals surface area contributed by atoms with Gasteiger partial charge in [-0.1, -0.05) is 6.92 Å². The number of hydrogen-bond acceptors (Lipinski definition) is 4. The Morgan fingerprint density at radius 1 is 1.53 bits per heavy atom. The SMILES string of the molecule is CCS(=O)(=O)C1CN(C(=O)c2cc(C)cs2)C1. The second-order valence-electron chi connectivity index (χ2n) is 4.27. The molecule has 1 fully saturated rings. The van der Waals surface area contributed by atoms with Crippen molar-refractivity contribution in [3.8, 4) is 0 Å². The zero-order chi connectivity index (χ0) is 12.6. The first-order valence-corrected chi connectivity index (χ1v) is 8.09. The fourth-order valence-corrected chi connectivity index (χ4v) is 3.92. The number of sulfone groups is 1. The van der Waals surface area contributed by atoms with Gasteiger partial charge >= 0.3 is 0 Å². The lowest BCUT2D eigenvalue weighted by atomic mass is 10.2. The molecule has 0 saturated carbocycles. The first-order valence-electron chi connectivity index (χ1n) is 5.50. The maximum absolute atomic E-state index is 11.9. The van der Waals surface area contributed by atoms with Crippen LogP contribution in [0.2, 0.25) is 0 Å². The molecule has 4 nitrogen and oxygen atoms in total. The number of hydrogen-bond donors (Lipinski definition) is 0. The molecule has 0 spiro atoms. The summed E-state index contributed by atoms with van der Waals surface area (Å²) in [5, 5.41) is 1.56. The van der Waals surface area contributed by atoms with Crippen LogP contribution >= 0.6 is 11.3 Å². The van der Waals surface area contributed by atoms with Crippen LogP contribution in [-0.2, 0) is 9.84 Å². The molecule has 0 bridgehead atoms. The van der Waals surface area contributed by atoms with Crippen LogP contribution in [0.15, 0.2) is 11.4 Å². The van der Waals surface area contributed by atoms with Gasteiger partial charge in [-0.2, -0.15) is 0 Å². The van der Waals surface area contributed by atoms with E-state index < -0.39 is 9.84 Å². The van der Waals surface area contributed by atoms with Gasteiger partial charge in [-0.25, -0.2) is 8.42 Å². The summed E-state index contributed by atoms with van der Waals surface area (Å²) in [5.41, 5.74) is 1.07. The predicted molar refractivity (Wildman–Crippen MR) is 68.2 cm³/mol. The van der Waals surface area contributed by atoms with Gasteiger partial charge in [-0.05, 0) is 23.9 Å². The van der Waals surface area contributed by atoms with Gasteiger partial charge in [-0.3, -0.25) is 4.79 Å². The predicted octanol–water partition coefficient (Wildman–Crippen LogP) is 1.32. The molecule has 0 aliphatic carbocycles. The van der Waals surface area contributed by atoms with E-state index in [2.05, 4.69) is 0 Å². The topological polar surface area (TPSA) is 54.5 Å². The maximum Gasteiger partial charge on any atom is 0.264 e. The van der Waals surface area contributed by atoms with Gasteiger partial charge in [0.15, 0.2) is 9.84 Å². The van der Waals surface area contributed by atoms with Gasteiger partial charge in [0.25, 0.3) is 5.91 Å². The summed E-state index contributed by atoms with van der Waals surface area (Å²) in [7, 11) is -3.00.